The van der Waals surface area contributed by atoms with E-state index in [9.17, 15) is 23.9 Å². The van der Waals surface area contributed by atoms with Gasteiger partial charge >= 0.3 is 19.8 Å². The second-order valence-electron chi connectivity index (χ2n) is 14.7. The number of carbonyl (C=O) groups is 2. The van der Waals surface area contributed by atoms with Crippen LogP contribution in [0.3, 0.4) is 0 Å². The third kappa shape index (κ3) is 35.5. The molecule has 0 aromatic heterocycles. The highest BCUT2D eigenvalue weighted by atomic mass is 31.2. The first-order valence-corrected chi connectivity index (χ1v) is 22.9. The smallest absolute Gasteiger partial charge is 0.458 e. The number of phosphoric ester groups is 1. The maximum Gasteiger partial charge on any atom is 0.469 e. The number of ether oxygens (including phenoxy) is 2. The molecule has 0 aliphatic heterocycles. The Balaban J connectivity index is 4.14. The van der Waals surface area contributed by atoms with E-state index in [1.165, 1.54) is 148 Å². The van der Waals surface area contributed by atoms with E-state index in [1.807, 2.05) is 0 Å². The standard InChI is InChI=1S/C41H81O8P/c1-4-7-9-11-13-15-17-19-21-23-25-27-29-31-33-35-40(42)48-38(6-3)39(37-47-50(44,45)46)49-41(43)36-34-32-30-28-26-24-22-20-18-16-14-12-10-8-5-2/h38-39H,4-37H2,1-3H3,(H2,44,45,46). The van der Waals surface area contributed by atoms with Gasteiger partial charge < -0.3 is 19.3 Å². The van der Waals surface area contributed by atoms with Gasteiger partial charge in [0.05, 0.1) is 6.61 Å². The van der Waals surface area contributed by atoms with Gasteiger partial charge in [-0.25, -0.2) is 4.57 Å². The van der Waals surface area contributed by atoms with Crippen molar-refractivity contribution in [1.29, 1.82) is 0 Å². The quantitative estimate of drug-likeness (QED) is 0.0364. The summed E-state index contributed by atoms with van der Waals surface area (Å²) < 4.78 is 27.2. The van der Waals surface area contributed by atoms with Crippen LogP contribution in [0.4, 0.5) is 0 Å². The summed E-state index contributed by atoms with van der Waals surface area (Å²) in [4.78, 5) is 43.7. The molecule has 8 nitrogen and oxygen atoms in total. The van der Waals surface area contributed by atoms with E-state index >= 15 is 0 Å². The molecule has 0 bridgehead atoms. The fraction of sp³-hybridized carbons (Fsp3) is 0.951. The van der Waals surface area contributed by atoms with Crippen LogP contribution < -0.4 is 0 Å². The van der Waals surface area contributed by atoms with Gasteiger partial charge in [0.2, 0.25) is 0 Å². The molecule has 0 aliphatic carbocycles. The summed E-state index contributed by atoms with van der Waals surface area (Å²) >= 11 is 0. The average Bonchev–Trinajstić information content (AvgIpc) is 3.08. The topological polar surface area (TPSA) is 119 Å². The van der Waals surface area contributed by atoms with Crippen molar-refractivity contribution in [2.75, 3.05) is 6.61 Å². The third-order valence-electron chi connectivity index (χ3n) is 9.76. The Morgan fingerprint density at radius 2 is 0.700 bits per heavy atom. The first kappa shape index (κ1) is 49.0. The van der Waals surface area contributed by atoms with Crippen molar-refractivity contribution in [3.8, 4) is 0 Å². The number of phosphoric acid groups is 1. The molecule has 50 heavy (non-hydrogen) atoms. The van der Waals surface area contributed by atoms with E-state index in [0.717, 1.165) is 38.5 Å². The predicted molar refractivity (Wildman–Crippen MR) is 207 cm³/mol. The molecule has 0 amide bonds. The number of carbonyl (C=O) groups excluding carboxylic acids is 2. The van der Waals surface area contributed by atoms with Gasteiger partial charge in [0.15, 0.2) is 6.10 Å². The minimum Gasteiger partial charge on any atom is -0.458 e. The summed E-state index contributed by atoms with van der Waals surface area (Å²) in [6.45, 7) is 5.78. The normalized spacial score (nSPS) is 13.0. The molecular formula is C41H81O8P. The molecule has 0 saturated carbocycles. The number of unbranched alkanes of at least 4 members (excludes halogenated alkanes) is 28. The fourth-order valence-electron chi connectivity index (χ4n) is 6.55. The second-order valence-corrected chi connectivity index (χ2v) is 15.9. The van der Waals surface area contributed by atoms with Crippen LogP contribution in [0.1, 0.15) is 233 Å². The molecule has 0 rings (SSSR count). The monoisotopic (exact) mass is 733 g/mol. The van der Waals surface area contributed by atoms with Crippen molar-refractivity contribution in [3.05, 3.63) is 0 Å². The number of hydrogen-bond acceptors (Lipinski definition) is 6. The summed E-state index contributed by atoms with van der Waals surface area (Å²) in [6.07, 6.45) is 36.2. The lowest BCUT2D eigenvalue weighted by Gasteiger charge is -2.26. The maximum atomic E-state index is 12.6. The Hall–Kier alpha value is -0.950. The first-order chi connectivity index (χ1) is 24.2. The van der Waals surface area contributed by atoms with Crippen LogP contribution in [0.25, 0.3) is 0 Å². The Kier molecular flexibility index (Phi) is 35.7. The Morgan fingerprint density at radius 3 is 0.960 bits per heavy atom. The minimum absolute atomic E-state index is 0.216. The van der Waals surface area contributed by atoms with Gasteiger partial charge in [-0.15, -0.1) is 0 Å². The fourth-order valence-corrected chi connectivity index (χ4v) is 6.89. The first-order valence-electron chi connectivity index (χ1n) is 21.3. The highest BCUT2D eigenvalue weighted by molar-refractivity contribution is 7.46. The van der Waals surface area contributed by atoms with Gasteiger partial charge in [0.1, 0.15) is 6.10 Å². The largest absolute Gasteiger partial charge is 0.469 e. The van der Waals surface area contributed by atoms with E-state index in [0.29, 0.717) is 12.8 Å². The molecule has 0 heterocycles. The molecule has 0 spiro atoms. The van der Waals surface area contributed by atoms with Crippen LogP contribution in [0.5, 0.6) is 0 Å². The SMILES string of the molecule is CCCCCCCCCCCCCCCCCC(=O)OC(CC)C(COP(=O)(O)O)OC(=O)CCCCCCCCCCCCCCCCC. The average molecular weight is 733 g/mol. The Morgan fingerprint density at radius 1 is 0.440 bits per heavy atom. The van der Waals surface area contributed by atoms with Crippen molar-refractivity contribution >= 4 is 19.8 Å². The van der Waals surface area contributed by atoms with Gasteiger partial charge in [-0.2, -0.15) is 0 Å². The van der Waals surface area contributed by atoms with Crippen molar-refractivity contribution < 1.29 is 37.9 Å². The Bertz CT molecular complexity index is 801. The van der Waals surface area contributed by atoms with Crippen LogP contribution >= 0.6 is 7.82 Å². The van der Waals surface area contributed by atoms with Crippen LogP contribution in [-0.4, -0.2) is 40.5 Å². The summed E-state index contributed by atoms with van der Waals surface area (Å²) in [6, 6.07) is 0. The molecule has 0 saturated heterocycles. The van der Waals surface area contributed by atoms with E-state index < -0.39 is 32.6 Å². The molecular weight excluding hydrogens is 651 g/mol. The van der Waals surface area contributed by atoms with Crippen molar-refractivity contribution in [2.45, 2.75) is 245 Å². The summed E-state index contributed by atoms with van der Waals surface area (Å²) in [5, 5.41) is 0. The second kappa shape index (κ2) is 36.4. The predicted octanol–water partition coefficient (Wildman–Crippen LogP) is 12.9. The van der Waals surface area contributed by atoms with E-state index in [2.05, 4.69) is 18.4 Å². The molecule has 0 radical (unpaired) electrons. The van der Waals surface area contributed by atoms with Crippen LogP contribution in [-0.2, 0) is 28.2 Å². The van der Waals surface area contributed by atoms with Crippen molar-refractivity contribution in [2.24, 2.45) is 0 Å². The number of hydrogen-bond donors (Lipinski definition) is 2. The zero-order valence-electron chi connectivity index (χ0n) is 33.0. The van der Waals surface area contributed by atoms with E-state index in [1.54, 1.807) is 6.92 Å². The van der Waals surface area contributed by atoms with Gasteiger partial charge in [0, 0.05) is 12.8 Å². The molecule has 298 valence electrons. The molecule has 0 aromatic rings. The molecule has 0 fully saturated rings. The summed E-state index contributed by atoms with van der Waals surface area (Å²) in [5.74, 6) is -0.845. The summed E-state index contributed by atoms with van der Waals surface area (Å²) in [5.41, 5.74) is 0. The number of esters is 2. The van der Waals surface area contributed by atoms with E-state index in [-0.39, 0.29) is 18.8 Å². The lowest BCUT2D eigenvalue weighted by molar-refractivity contribution is -0.171. The molecule has 2 N–H and O–H groups in total. The van der Waals surface area contributed by atoms with Gasteiger partial charge in [0.25, 0.3) is 0 Å². The zero-order chi connectivity index (χ0) is 37.0. The minimum atomic E-state index is -4.78. The lowest BCUT2D eigenvalue weighted by Crippen LogP contribution is -2.38. The zero-order valence-corrected chi connectivity index (χ0v) is 33.9. The maximum absolute atomic E-state index is 12.6. The Labute approximate surface area is 308 Å². The lowest BCUT2D eigenvalue weighted by atomic mass is 10.0. The highest BCUT2D eigenvalue weighted by Crippen LogP contribution is 2.36. The van der Waals surface area contributed by atoms with Crippen LogP contribution in [0.2, 0.25) is 0 Å². The van der Waals surface area contributed by atoms with Crippen molar-refractivity contribution in [3.63, 3.8) is 0 Å². The van der Waals surface area contributed by atoms with Gasteiger partial charge in [-0.05, 0) is 19.3 Å². The number of rotatable bonds is 39. The highest BCUT2D eigenvalue weighted by Gasteiger charge is 2.30. The molecule has 0 aromatic carbocycles. The van der Waals surface area contributed by atoms with Gasteiger partial charge in [-0.1, -0.05) is 201 Å². The van der Waals surface area contributed by atoms with Crippen LogP contribution in [0, 0.1) is 0 Å². The van der Waals surface area contributed by atoms with Crippen LogP contribution in [0.15, 0.2) is 0 Å². The van der Waals surface area contributed by atoms with Gasteiger partial charge in [-0.3, -0.25) is 14.1 Å². The molecule has 0 aliphatic rings. The third-order valence-corrected chi connectivity index (χ3v) is 10.2. The molecule has 2 unspecified atom stereocenters. The molecule has 2 atom stereocenters. The van der Waals surface area contributed by atoms with Crippen molar-refractivity contribution in [1.82, 2.24) is 0 Å². The van der Waals surface area contributed by atoms with E-state index in [4.69, 9.17) is 9.47 Å². The summed E-state index contributed by atoms with van der Waals surface area (Å²) in [7, 11) is -4.78. The molecule has 9 heteroatoms.